The Morgan fingerprint density at radius 2 is 2.12 bits per heavy atom. The molecule has 132 valence electrons. The summed E-state index contributed by atoms with van der Waals surface area (Å²) >= 11 is 0. The van der Waals surface area contributed by atoms with Crippen LogP contribution in [0.2, 0.25) is 0 Å². The number of fused-ring (bicyclic) bond motifs is 1. The molecule has 24 heavy (non-hydrogen) atoms. The second-order valence-electron chi connectivity index (χ2n) is 6.76. The van der Waals surface area contributed by atoms with Gasteiger partial charge in [-0.05, 0) is 30.7 Å². The topological polar surface area (TPSA) is 42.0 Å². The van der Waals surface area contributed by atoms with Crippen molar-refractivity contribution in [2.75, 3.05) is 40.4 Å². The molecule has 0 bridgehead atoms. The molecule has 2 fully saturated rings. The molecule has 2 saturated heterocycles. The lowest BCUT2D eigenvalue weighted by Crippen LogP contribution is -2.54. The maximum atomic E-state index is 12.9. The third kappa shape index (κ3) is 3.42. The van der Waals surface area contributed by atoms with Crippen LogP contribution in [0.25, 0.3) is 0 Å². The largest absolute Gasteiger partial charge is 0.497 e. The molecule has 0 aliphatic carbocycles. The van der Waals surface area contributed by atoms with Gasteiger partial charge in [-0.25, -0.2) is 0 Å². The summed E-state index contributed by atoms with van der Waals surface area (Å²) in [6.07, 6.45) is 1.64. The molecule has 5 heteroatoms. The maximum Gasteiger partial charge on any atom is 0.227 e. The molecule has 1 aromatic carbocycles. The number of carbonyl (C=O) groups excluding carboxylic acids is 1. The molecule has 0 aromatic heterocycles. The summed E-state index contributed by atoms with van der Waals surface area (Å²) in [5.41, 5.74) is 1.01. The molecular formula is C19H28N2O3. The van der Waals surface area contributed by atoms with E-state index >= 15 is 0 Å². The van der Waals surface area contributed by atoms with E-state index < -0.39 is 0 Å². The van der Waals surface area contributed by atoms with Crippen LogP contribution in [0.4, 0.5) is 0 Å². The zero-order valence-electron chi connectivity index (χ0n) is 14.9. The molecule has 0 radical (unpaired) electrons. The minimum absolute atomic E-state index is 0.214. The minimum atomic E-state index is 0.214. The number of nitrogens with zero attached hydrogens (tertiary/aromatic N) is 2. The molecule has 1 aromatic rings. The lowest BCUT2D eigenvalue weighted by atomic mass is 9.88. The summed E-state index contributed by atoms with van der Waals surface area (Å²) in [6, 6.07) is 8.07. The van der Waals surface area contributed by atoms with Gasteiger partial charge in [-0.1, -0.05) is 19.1 Å². The Hall–Kier alpha value is -1.59. The number of methoxy groups -OCH3 is 2. The van der Waals surface area contributed by atoms with Crippen LogP contribution in [0.5, 0.6) is 5.75 Å². The Balaban J connectivity index is 1.72. The Bertz CT molecular complexity index is 577. The van der Waals surface area contributed by atoms with Crippen LogP contribution in [-0.2, 0) is 16.0 Å². The number of ether oxygens (including phenoxy) is 2. The Kier molecular flexibility index (Phi) is 5.41. The average molecular weight is 332 g/mol. The third-order valence-electron chi connectivity index (χ3n) is 5.50. The quantitative estimate of drug-likeness (QED) is 0.825. The highest BCUT2D eigenvalue weighted by molar-refractivity contribution is 5.79. The third-order valence-corrected chi connectivity index (χ3v) is 5.50. The van der Waals surface area contributed by atoms with E-state index in [4.69, 9.17) is 9.47 Å². The highest BCUT2D eigenvalue weighted by Crippen LogP contribution is 2.32. The van der Waals surface area contributed by atoms with Crippen molar-refractivity contribution in [1.82, 2.24) is 9.80 Å². The number of carbonyl (C=O) groups is 1. The normalized spacial score (nSPS) is 27.1. The van der Waals surface area contributed by atoms with Gasteiger partial charge in [0.25, 0.3) is 0 Å². The summed E-state index contributed by atoms with van der Waals surface area (Å²) in [5, 5.41) is 0. The fraction of sp³-hybridized carbons (Fsp3) is 0.632. The van der Waals surface area contributed by atoms with Gasteiger partial charge >= 0.3 is 0 Å². The van der Waals surface area contributed by atoms with E-state index in [1.807, 2.05) is 24.3 Å². The van der Waals surface area contributed by atoms with Gasteiger partial charge in [0.05, 0.1) is 25.7 Å². The Morgan fingerprint density at radius 3 is 2.83 bits per heavy atom. The van der Waals surface area contributed by atoms with E-state index in [0.29, 0.717) is 12.3 Å². The summed E-state index contributed by atoms with van der Waals surface area (Å²) in [7, 11) is 3.45. The predicted molar refractivity (Wildman–Crippen MR) is 93.2 cm³/mol. The van der Waals surface area contributed by atoms with E-state index in [1.54, 1.807) is 14.2 Å². The van der Waals surface area contributed by atoms with Gasteiger partial charge in [0, 0.05) is 32.7 Å². The van der Waals surface area contributed by atoms with Crippen LogP contribution < -0.4 is 4.74 Å². The van der Waals surface area contributed by atoms with Gasteiger partial charge in [0.15, 0.2) is 0 Å². The second-order valence-corrected chi connectivity index (χ2v) is 6.76. The van der Waals surface area contributed by atoms with Crippen LogP contribution in [-0.4, -0.2) is 68.3 Å². The van der Waals surface area contributed by atoms with Crippen molar-refractivity contribution in [2.24, 2.45) is 5.92 Å². The summed E-state index contributed by atoms with van der Waals surface area (Å²) < 4.78 is 11.0. The van der Waals surface area contributed by atoms with Crippen molar-refractivity contribution >= 4 is 5.91 Å². The van der Waals surface area contributed by atoms with Crippen molar-refractivity contribution in [3.63, 3.8) is 0 Å². The van der Waals surface area contributed by atoms with E-state index in [9.17, 15) is 4.79 Å². The summed E-state index contributed by atoms with van der Waals surface area (Å²) in [5.74, 6) is 1.44. The molecule has 0 N–H and O–H groups in total. The highest BCUT2D eigenvalue weighted by atomic mass is 16.5. The number of hydrogen-bond donors (Lipinski definition) is 0. The smallest absolute Gasteiger partial charge is 0.227 e. The first kappa shape index (κ1) is 17.2. The standard InChI is InChI=1S/C19H28N2O3/c1-4-20-12-16-17(13-20)21(9-8-18(16)24-3)19(22)11-14-6-5-7-15(10-14)23-2/h5-7,10,16-18H,4,8-9,11-13H2,1-3H3/t16-,17+,18-/m1/s1. The number of benzene rings is 1. The zero-order chi connectivity index (χ0) is 17.1. The van der Waals surface area contributed by atoms with E-state index in [2.05, 4.69) is 16.7 Å². The molecule has 2 aliphatic rings. The van der Waals surface area contributed by atoms with Crippen molar-refractivity contribution in [2.45, 2.75) is 31.9 Å². The number of hydrogen-bond acceptors (Lipinski definition) is 4. The molecule has 3 rings (SSSR count). The van der Waals surface area contributed by atoms with Crippen molar-refractivity contribution < 1.29 is 14.3 Å². The number of piperidine rings is 1. The second kappa shape index (κ2) is 7.53. The predicted octanol–water partition coefficient (Wildman–Crippen LogP) is 1.81. The first-order valence-corrected chi connectivity index (χ1v) is 8.83. The fourth-order valence-corrected chi connectivity index (χ4v) is 4.15. The lowest BCUT2D eigenvalue weighted by Gasteiger charge is -2.41. The van der Waals surface area contributed by atoms with E-state index in [0.717, 1.165) is 43.9 Å². The summed E-state index contributed by atoms with van der Waals surface area (Å²) in [6.45, 7) is 6.00. The first-order valence-electron chi connectivity index (χ1n) is 8.83. The Labute approximate surface area is 144 Å². The molecule has 0 spiro atoms. The van der Waals surface area contributed by atoms with Gasteiger partial charge in [-0.2, -0.15) is 0 Å². The molecular weight excluding hydrogens is 304 g/mol. The van der Waals surface area contributed by atoms with E-state index in [-0.39, 0.29) is 18.1 Å². The monoisotopic (exact) mass is 332 g/mol. The van der Waals surface area contributed by atoms with Gasteiger partial charge in [0.2, 0.25) is 5.91 Å². The van der Waals surface area contributed by atoms with Crippen LogP contribution in [0, 0.1) is 5.92 Å². The van der Waals surface area contributed by atoms with Crippen molar-refractivity contribution in [3.8, 4) is 5.75 Å². The number of rotatable bonds is 5. The van der Waals surface area contributed by atoms with Gasteiger partial charge in [-0.3, -0.25) is 4.79 Å². The van der Waals surface area contributed by atoms with E-state index in [1.165, 1.54) is 0 Å². The number of amides is 1. The molecule has 5 nitrogen and oxygen atoms in total. The van der Waals surface area contributed by atoms with Crippen molar-refractivity contribution in [1.29, 1.82) is 0 Å². The SMILES string of the molecule is CCN1C[C@H]2[C@H](OC)CCN(C(=O)Cc3cccc(OC)c3)[C@H]2C1. The fourth-order valence-electron chi connectivity index (χ4n) is 4.15. The number of likely N-dealkylation sites (tertiary alicyclic amines) is 2. The molecule has 2 heterocycles. The number of likely N-dealkylation sites (N-methyl/N-ethyl adjacent to an activating group) is 1. The highest BCUT2D eigenvalue weighted by Gasteiger charge is 2.45. The maximum absolute atomic E-state index is 12.9. The average Bonchev–Trinajstić information content (AvgIpc) is 3.05. The Morgan fingerprint density at radius 1 is 1.29 bits per heavy atom. The minimum Gasteiger partial charge on any atom is -0.497 e. The molecule has 0 unspecified atom stereocenters. The van der Waals surface area contributed by atoms with Crippen LogP contribution in [0.15, 0.2) is 24.3 Å². The molecule has 2 aliphatic heterocycles. The van der Waals surface area contributed by atoms with Crippen LogP contribution >= 0.6 is 0 Å². The zero-order valence-corrected chi connectivity index (χ0v) is 14.9. The first-order chi connectivity index (χ1) is 11.7. The molecule has 0 saturated carbocycles. The molecule has 1 amide bonds. The van der Waals surface area contributed by atoms with Gasteiger partial charge in [0.1, 0.15) is 5.75 Å². The lowest BCUT2D eigenvalue weighted by molar-refractivity contribution is -0.138. The van der Waals surface area contributed by atoms with Gasteiger partial charge < -0.3 is 19.3 Å². The molecule has 3 atom stereocenters. The van der Waals surface area contributed by atoms with Crippen LogP contribution in [0.1, 0.15) is 18.9 Å². The van der Waals surface area contributed by atoms with Crippen molar-refractivity contribution in [3.05, 3.63) is 29.8 Å². The van der Waals surface area contributed by atoms with Crippen LogP contribution in [0.3, 0.4) is 0 Å². The van der Waals surface area contributed by atoms with Gasteiger partial charge in [-0.15, -0.1) is 0 Å². The summed E-state index contributed by atoms with van der Waals surface area (Å²) in [4.78, 5) is 17.4.